The van der Waals surface area contributed by atoms with Gasteiger partial charge in [-0.1, -0.05) is 62.4 Å². The SMILES string of the molecule is CC(C)c1ccc(CN(C(=O)CN2C(=O)NC3(CCc4ccccc43)C2=O)C2CC2)cc1. The zero-order valence-electron chi connectivity index (χ0n) is 18.6. The molecule has 6 nitrogen and oxygen atoms in total. The van der Waals surface area contributed by atoms with Crippen molar-refractivity contribution < 1.29 is 14.4 Å². The summed E-state index contributed by atoms with van der Waals surface area (Å²) in [5, 5.41) is 2.91. The van der Waals surface area contributed by atoms with Gasteiger partial charge in [-0.25, -0.2) is 4.79 Å². The van der Waals surface area contributed by atoms with Crippen LogP contribution in [0.1, 0.15) is 61.3 Å². The predicted molar refractivity (Wildman–Crippen MR) is 121 cm³/mol. The molecule has 3 aliphatic rings. The van der Waals surface area contributed by atoms with E-state index in [9.17, 15) is 14.4 Å². The molecule has 1 aliphatic heterocycles. The smallest absolute Gasteiger partial charge is 0.325 e. The molecule has 1 atom stereocenters. The Morgan fingerprint density at radius 1 is 1.12 bits per heavy atom. The van der Waals surface area contributed by atoms with Crippen molar-refractivity contribution in [1.82, 2.24) is 15.1 Å². The van der Waals surface area contributed by atoms with Crippen LogP contribution in [0.15, 0.2) is 48.5 Å². The van der Waals surface area contributed by atoms with Crippen LogP contribution in [0.4, 0.5) is 4.79 Å². The lowest BCUT2D eigenvalue weighted by atomic mass is 9.92. The number of hydrogen-bond donors (Lipinski definition) is 1. The van der Waals surface area contributed by atoms with E-state index in [0.29, 0.717) is 18.9 Å². The van der Waals surface area contributed by atoms with Gasteiger partial charge in [0.1, 0.15) is 12.1 Å². The summed E-state index contributed by atoms with van der Waals surface area (Å²) in [7, 11) is 0. The van der Waals surface area contributed by atoms with Gasteiger partial charge >= 0.3 is 6.03 Å². The molecule has 0 radical (unpaired) electrons. The fourth-order valence-corrected chi connectivity index (χ4v) is 4.97. The minimum Gasteiger partial charge on any atom is -0.334 e. The third-order valence-electron chi connectivity index (χ3n) is 7.02. The Bertz CT molecular complexity index is 1070. The number of fused-ring (bicyclic) bond motifs is 2. The molecule has 1 spiro atoms. The third kappa shape index (κ3) is 3.48. The number of urea groups is 1. The Labute approximate surface area is 188 Å². The average Bonchev–Trinajstić information content (AvgIpc) is 3.52. The minimum absolute atomic E-state index is 0.174. The maximum absolute atomic E-state index is 13.4. The number of nitrogens with zero attached hydrogens (tertiary/aromatic N) is 2. The first kappa shape index (κ1) is 20.7. The van der Waals surface area contributed by atoms with Crippen LogP contribution >= 0.6 is 0 Å². The molecule has 1 heterocycles. The number of benzene rings is 2. The number of nitrogens with one attached hydrogen (secondary N) is 1. The van der Waals surface area contributed by atoms with Crippen molar-refractivity contribution in [3.8, 4) is 0 Å². The predicted octanol–water partition coefficient (Wildman–Crippen LogP) is 3.69. The highest BCUT2D eigenvalue weighted by Crippen LogP contribution is 2.41. The molecular weight excluding hydrogens is 402 g/mol. The molecule has 2 aliphatic carbocycles. The van der Waals surface area contributed by atoms with E-state index >= 15 is 0 Å². The standard InChI is InChI=1S/C26H29N3O3/c1-17(2)19-9-7-18(8-10-19)15-28(21-11-12-21)23(30)16-29-24(31)26(27-25(29)32)14-13-20-5-3-4-6-22(20)26/h3-10,17,21H,11-16H2,1-2H3,(H,27,32). The molecule has 2 aromatic rings. The van der Waals surface area contributed by atoms with E-state index in [1.807, 2.05) is 29.2 Å². The van der Waals surface area contributed by atoms with E-state index < -0.39 is 11.6 Å². The summed E-state index contributed by atoms with van der Waals surface area (Å²) in [6.45, 7) is 4.60. The summed E-state index contributed by atoms with van der Waals surface area (Å²) >= 11 is 0. The van der Waals surface area contributed by atoms with E-state index in [1.54, 1.807) is 0 Å². The van der Waals surface area contributed by atoms with Crippen LogP contribution in [0.2, 0.25) is 0 Å². The van der Waals surface area contributed by atoms with Crippen molar-refractivity contribution in [2.75, 3.05) is 6.54 Å². The number of carbonyl (C=O) groups excluding carboxylic acids is 3. The van der Waals surface area contributed by atoms with Crippen LogP contribution < -0.4 is 5.32 Å². The lowest BCUT2D eigenvalue weighted by Crippen LogP contribution is -2.45. The first-order chi connectivity index (χ1) is 15.4. The zero-order chi connectivity index (χ0) is 22.5. The Morgan fingerprint density at radius 3 is 2.53 bits per heavy atom. The van der Waals surface area contributed by atoms with Gasteiger partial charge < -0.3 is 10.2 Å². The highest BCUT2D eigenvalue weighted by Gasteiger charge is 2.55. The first-order valence-corrected chi connectivity index (χ1v) is 11.5. The lowest BCUT2D eigenvalue weighted by molar-refractivity contribution is -0.139. The third-order valence-corrected chi connectivity index (χ3v) is 7.02. The summed E-state index contributed by atoms with van der Waals surface area (Å²) in [5.41, 5.74) is 3.24. The van der Waals surface area contributed by atoms with E-state index in [1.165, 1.54) is 5.56 Å². The fraction of sp³-hybridized carbons (Fsp3) is 0.423. The van der Waals surface area contributed by atoms with E-state index in [-0.39, 0.29) is 24.4 Å². The second-order valence-corrected chi connectivity index (χ2v) is 9.53. The minimum atomic E-state index is -1.02. The van der Waals surface area contributed by atoms with Gasteiger partial charge in [0.2, 0.25) is 5.91 Å². The molecule has 2 aromatic carbocycles. The Morgan fingerprint density at radius 2 is 1.84 bits per heavy atom. The molecule has 166 valence electrons. The molecule has 6 heteroatoms. The quantitative estimate of drug-likeness (QED) is 0.709. The first-order valence-electron chi connectivity index (χ1n) is 11.5. The maximum Gasteiger partial charge on any atom is 0.325 e. The van der Waals surface area contributed by atoms with Gasteiger partial charge in [-0.2, -0.15) is 0 Å². The summed E-state index contributed by atoms with van der Waals surface area (Å²) in [6.07, 6.45) is 3.21. The van der Waals surface area contributed by atoms with Gasteiger partial charge in [0, 0.05) is 12.6 Å². The van der Waals surface area contributed by atoms with Crippen LogP contribution in [-0.4, -0.2) is 40.2 Å². The molecule has 32 heavy (non-hydrogen) atoms. The van der Waals surface area contributed by atoms with Gasteiger partial charge in [-0.3, -0.25) is 14.5 Å². The van der Waals surface area contributed by atoms with E-state index in [4.69, 9.17) is 0 Å². The number of imide groups is 1. The van der Waals surface area contributed by atoms with Crippen LogP contribution in [0.3, 0.4) is 0 Å². The highest BCUT2D eigenvalue weighted by molar-refractivity contribution is 6.10. The van der Waals surface area contributed by atoms with Crippen molar-refractivity contribution in [2.24, 2.45) is 0 Å². The van der Waals surface area contributed by atoms with Crippen LogP contribution in [-0.2, 0) is 28.1 Å². The van der Waals surface area contributed by atoms with E-state index in [2.05, 4.69) is 43.4 Å². The molecule has 1 saturated heterocycles. The molecule has 1 saturated carbocycles. The zero-order valence-corrected chi connectivity index (χ0v) is 18.6. The van der Waals surface area contributed by atoms with Crippen LogP contribution in [0.5, 0.6) is 0 Å². The Kier molecular flexibility index (Phi) is 5.03. The van der Waals surface area contributed by atoms with Crippen LogP contribution in [0, 0.1) is 0 Å². The number of carbonyl (C=O) groups is 3. The largest absolute Gasteiger partial charge is 0.334 e. The number of rotatable bonds is 6. The molecule has 1 N–H and O–H groups in total. The van der Waals surface area contributed by atoms with Gasteiger partial charge in [-0.05, 0) is 53.9 Å². The Hall–Kier alpha value is -3.15. The van der Waals surface area contributed by atoms with E-state index in [0.717, 1.165) is 40.9 Å². The topological polar surface area (TPSA) is 69.7 Å². The molecule has 1 unspecified atom stereocenters. The van der Waals surface area contributed by atoms with Gasteiger partial charge in [0.25, 0.3) is 5.91 Å². The molecule has 0 bridgehead atoms. The number of amides is 4. The van der Waals surface area contributed by atoms with Crippen LogP contribution in [0.25, 0.3) is 0 Å². The average molecular weight is 432 g/mol. The van der Waals surface area contributed by atoms with Crippen molar-refractivity contribution in [1.29, 1.82) is 0 Å². The fourth-order valence-electron chi connectivity index (χ4n) is 4.97. The van der Waals surface area contributed by atoms with Crippen molar-refractivity contribution in [2.45, 2.75) is 63.6 Å². The lowest BCUT2D eigenvalue weighted by Gasteiger charge is -2.26. The summed E-state index contributed by atoms with van der Waals surface area (Å²) in [5.74, 6) is -0.0250. The van der Waals surface area contributed by atoms with Crippen molar-refractivity contribution in [3.63, 3.8) is 0 Å². The molecule has 0 aromatic heterocycles. The van der Waals surface area contributed by atoms with Gasteiger partial charge in [0.15, 0.2) is 0 Å². The number of aryl methyl sites for hydroxylation is 1. The van der Waals surface area contributed by atoms with Gasteiger partial charge in [-0.15, -0.1) is 0 Å². The second kappa shape index (κ2) is 7.76. The number of hydrogen-bond acceptors (Lipinski definition) is 3. The Balaban J connectivity index is 1.32. The maximum atomic E-state index is 13.4. The highest BCUT2D eigenvalue weighted by atomic mass is 16.2. The summed E-state index contributed by atoms with van der Waals surface area (Å²) in [6, 6.07) is 15.8. The summed E-state index contributed by atoms with van der Waals surface area (Å²) < 4.78 is 0. The molecule has 2 fully saturated rings. The van der Waals surface area contributed by atoms with Crippen molar-refractivity contribution >= 4 is 17.8 Å². The summed E-state index contributed by atoms with van der Waals surface area (Å²) in [4.78, 5) is 42.4. The second-order valence-electron chi connectivity index (χ2n) is 9.53. The molecule has 5 rings (SSSR count). The monoisotopic (exact) mass is 431 g/mol. The van der Waals surface area contributed by atoms with Gasteiger partial charge in [0.05, 0.1) is 0 Å². The molecule has 4 amide bonds. The van der Waals surface area contributed by atoms with Crippen molar-refractivity contribution in [3.05, 3.63) is 70.8 Å². The normalized spacial score (nSPS) is 21.9. The molecular formula is C26H29N3O3.